The first-order valence-corrected chi connectivity index (χ1v) is 9.72. The zero-order valence-electron chi connectivity index (χ0n) is 17.3. The average Bonchev–Trinajstić information content (AvgIpc) is 2.70. The second-order valence-electron chi connectivity index (χ2n) is 7.15. The molecular formula is C23H27N5O. The van der Waals surface area contributed by atoms with Crippen molar-refractivity contribution in [2.75, 3.05) is 29.6 Å². The summed E-state index contributed by atoms with van der Waals surface area (Å²) in [7, 11) is 3.89. The van der Waals surface area contributed by atoms with Gasteiger partial charge in [-0.15, -0.1) is 0 Å². The molecule has 0 aliphatic rings. The predicted molar refractivity (Wildman–Crippen MR) is 119 cm³/mol. The van der Waals surface area contributed by atoms with E-state index in [9.17, 15) is 4.79 Å². The normalized spacial score (nSPS) is 11.6. The monoisotopic (exact) mass is 389 g/mol. The molecular weight excluding hydrogens is 362 g/mol. The van der Waals surface area contributed by atoms with Gasteiger partial charge in [-0.05, 0) is 43.2 Å². The van der Waals surface area contributed by atoms with Gasteiger partial charge >= 0.3 is 0 Å². The van der Waals surface area contributed by atoms with Crippen molar-refractivity contribution < 1.29 is 4.79 Å². The van der Waals surface area contributed by atoms with Crippen LogP contribution in [0.5, 0.6) is 0 Å². The molecule has 6 nitrogen and oxygen atoms in total. The van der Waals surface area contributed by atoms with Gasteiger partial charge in [-0.2, -0.15) is 4.98 Å². The molecule has 2 aromatic carbocycles. The number of nitrogens with one attached hydrogen (secondary N) is 2. The summed E-state index contributed by atoms with van der Waals surface area (Å²) in [5.41, 5.74) is 3.53. The summed E-state index contributed by atoms with van der Waals surface area (Å²) in [4.78, 5) is 23.6. The predicted octanol–water partition coefficient (Wildman–Crippen LogP) is 4.73. The number of anilines is 4. The van der Waals surface area contributed by atoms with Crippen LogP contribution < -0.4 is 15.5 Å². The minimum Gasteiger partial charge on any atom is -0.363 e. The van der Waals surface area contributed by atoms with Crippen molar-refractivity contribution in [1.82, 2.24) is 9.97 Å². The molecule has 150 valence electrons. The van der Waals surface area contributed by atoms with Gasteiger partial charge in [-0.25, -0.2) is 4.98 Å². The van der Waals surface area contributed by atoms with E-state index in [1.54, 1.807) is 0 Å². The van der Waals surface area contributed by atoms with E-state index >= 15 is 0 Å². The number of carbonyl (C=O) groups is 1. The van der Waals surface area contributed by atoms with Gasteiger partial charge in [0.1, 0.15) is 5.82 Å². The van der Waals surface area contributed by atoms with Crippen LogP contribution in [0, 0.1) is 6.92 Å². The Balaban J connectivity index is 1.68. The van der Waals surface area contributed by atoms with Crippen molar-refractivity contribution in [1.29, 1.82) is 0 Å². The van der Waals surface area contributed by atoms with Crippen molar-refractivity contribution in [2.45, 2.75) is 26.2 Å². The maximum absolute atomic E-state index is 12.7. The summed E-state index contributed by atoms with van der Waals surface area (Å²) in [5.74, 6) is 1.22. The standard InChI is InChI=1S/C23H27N5O/c1-5-20(17-9-7-6-8-10-17)22(29)25-18-11-13-19(14-12-18)26-23-24-16(2)15-21(27-23)28(3)4/h6-15,20H,5H2,1-4H3,(H,25,29)(H,24,26,27). The number of amides is 1. The minimum atomic E-state index is -0.167. The van der Waals surface area contributed by atoms with Crippen LogP contribution in [-0.4, -0.2) is 30.0 Å². The smallest absolute Gasteiger partial charge is 0.231 e. The number of hydrogen-bond donors (Lipinski definition) is 2. The van der Waals surface area contributed by atoms with E-state index in [1.165, 1.54) is 0 Å². The maximum atomic E-state index is 12.7. The molecule has 1 atom stereocenters. The first-order valence-electron chi connectivity index (χ1n) is 9.72. The molecule has 2 N–H and O–H groups in total. The fraction of sp³-hybridized carbons (Fsp3) is 0.261. The molecule has 0 aliphatic heterocycles. The van der Waals surface area contributed by atoms with E-state index in [1.807, 2.05) is 93.5 Å². The van der Waals surface area contributed by atoms with E-state index in [2.05, 4.69) is 20.6 Å². The summed E-state index contributed by atoms with van der Waals surface area (Å²) in [6, 6.07) is 19.3. The van der Waals surface area contributed by atoms with E-state index in [4.69, 9.17) is 0 Å². The third-order valence-electron chi connectivity index (χ3n) is 4.63. The van der Waals surface area contributed by atoms with Gasteiger partial charge < -0.3 is 15.5 Å². The Kier molecular flexibility index (Phi) is 6.44. The third-order valence-corrected chi connectivity index (χ3v) is 4.63. The number of benzene rings is 2. The summed E-state index contributed by atoms with van der Waals surface area (Å²) in [6.45, 7) is 3.96. The van der Waals surface area contributed by atoms with E-state index < -0.39 is 0 Å². The van der Waals surface area contributed by atoms with E-state index in [-0.39, 0.29) is 11.8 Å². The quantitative estimate of drug-likeness (QED) is 0.611. The lowest BCUT2D eigenvalue weighted by Gasteiger charge is -2.16. The van der Waals surface area contributed by atoms with Gasteiger partial charge in [0, 0.05) is 37.2 Å². The fourth-order valence-electron chi connectivity index (χ4n) is 3.09. The van der Waals surface area contributed by atoms with Crippen molar-refractivity contribution in [3.05, 3.63) is 71.9 Å². The van der Waals surface area contributed by atoms with Crippen molar-refractivity contribution in [3.63, 3.8) is 0 Å². The Morgan fingerprint density at radius 1 is 1.00 bits per heavy atom. The molecule has 1 amide bonds. The second-order valence-corrected chi connectivity index (χ2v) is 7.15. The zero-order valence-corrected chi connectivity index (χ0v) is 17.3. The molecule has 1 unspecified atom stereocenters. The molecule has 29 heavy (non-hydrogen) atoms. The number of aryl methyl sites for hydroxylation is 1. The SMILES string of the molecule is CCC(C(=O)Nc1ccc(Nc2nc(C)cc(N(C)C)n2)cc1)c1ccccc1. The highest BCUT2D eigenvalue weighted by molar-refractivity contribution is 5.96. The fourth-order valence-corrected chi connectivity index (χ4v) is 3.09. The van der Waals surface area contributed by atoms with Crippen molar-refractivity contribution in [2.24, 2.45) is 0 Å². The van der Waals surface area contributed by atoms with Gasteiger partial charge in [-0.3, -0.25) is 4.79 Å². The van der Waals surface area contributed by atoms with Crippen LogP contribution in [0.25, 0.3) is 0 Å². The summed E-state index contributed by atoms with van der Waals surface area (Å²) in [5, 5.41) is 6.23. The third kappa shape index (κ3) is 5.31. The van der Waals surface area contributed by atoms with E-state index in [0.29, 0.717) is 5.95 Å². The molecule has 0 radical (unpaired) electrons. The largest absolute Gasteiger partial charge is 0.363 e. The lowest BCUT2D eigenvalue weighted by molar-refractivity contribution is -0.117. The number of nitrogens with zero attached hydrogens (tertiary/aromatic N) is 3. The Hall–Kier alpha value is -3.41. The second kappa shape index (κ2) is 9.19. The molecule has 0 saturated carbocycles. The molecule has 1 heterocycles. The highest BCUT2D eigenvalue weighted by Gasteiger charge is 2.18. The van der Waals surface area contributed by atoms with Crippen LogP contribution in [-0.2, 0) is 4.79 Å². The first-order chi connectivity index (χ1) is 14.0. The van der Waals surface area contributed by atoms with Crippen molar-refractivity contribution >= 4 is 29.0 Å². The average molecular weight is 390 g/mol. The maximum Gasteiger partial charge on any atom is 0.231 e. The molecule has 1 aromatic heterocycles. The molecule has 3 rings (SSSR count). The number of aromatic nitrogens is 2. The van der Waals surface area contributed by atoms with Crippen LogP contribution in [0.15, 0.2) is 60.7 Å². The molecule has 0 fully saturated rings. The lowest BCUT2D eigenvalue weighted by atomic mass is 9.95. The number of carbonyl (C=O) groups excluding carboxylic acids is 1. The first kappa shape index (κ1) is 20.3. The van der Waals surface area contributed by atoms with Crippen LogP contribution >= 0.6 is 0 Å². The molecule has 6 heteroatoms. The molecule has 0 spiro atoms. The summed E-state index contributed by atoms with van der Waals surface area (Å²) >= 11 is 0. The van der Waals surface area contributed by atoms with Crippen LogP contribution in [0.4, 0.5) is 23.1 Å². The summed E-state index contributed by atoms with van der Waals surface area (Å²) in [6.07, 6.45) is 0.744. The van der Waals surface area contributed by atoms with Crippen LogP contribution in [0.3, 0.4) is 0 Å². The Morgan fingerprint density at radius 2 is 1.66 bits per heavy atom. The number of rotatable bonds is 7. The Bertz CT molecular complexity index is 955. The minimum absolute atomic E-state index is 0.00273. The van der Waals surface area contributed by atoms with Crippen LogP contribution in [0.1, 0.15) is 30.5 Å². The van der Waals surface area contributed by atoms with Crippen LogP contribution in [0.2, 0.25) is 0 Å². The van der Waals surface area contributed by atoms with Crippen molar-refractivity contribution in [3.8, 4) is 0 Å². The topological polar surface area (TPSA) is 70.2 Å². The van der Waals surface area contributed by atoms with Gasteiger partial charge in [0.05, 0.1) is 5.92 Å². The Labute approximate surface area is 172 Å². The van der Waals surface area contributed by atoms with Gasteiger partial charge in [0.2, 0.25) is 11.9 Å². The molecule has 3 aromatic rings. The zero-order chi connectivity index (χ0) is 20.8. The van der Waals surface area contributed by atoms with Gasteiger partial charge in [-0.1, -0.05) is 37.3 Å². The molecule has 0 saturated heterocycles. The molecule has 0 aliphatic carbocycles. The van der Waals surface area contributed by atoms with Gasteiger partial charge in [0.15, 0.2) is 0 Å². The Morgan fingerprint density at radius 3 is 2.28 bits per heavy atom. The lowest BCUT2D eigenvalue weighted by Crippen LogP contribution is -2.20. The highest BCUT2D eigenvalue weighted by Crippen LogP contribution is 2.23. The summed E-state index contributed by atoms with van der Waals surface area (Å²) < 4.78 is 0. The number of hydrogen-bond acceptors (Lipinski definition) is 5. The van der Waals surface area contributed by atoms with Gasteiger partial charge in [0.25, 0.3) is 0 Å². The highest BCUT2D eigenvalue weighted by atomic mass is 16.1. The van der Waals surface area contributed by atoms with E-state index in [0.717, 1.165) is 34.9 Å². The molecule has 0 bridgehead atoms.